The van der Waals surface area contributed by atoms with E-state index in [9.17, 15) is 13.2 Å². The van der Waals surface area contributed by atoms with E-state index in [0.717, 1.165) is 51.0 Å². The van der Waals surface area contributed by atoms with Gasteiger partial charge < -0.3 is 9.30 Å². The third kappa shape index (κ3) is 5.43. The van der Waals surface area contributed by atoms with Gasteiger partial charge >= 0.3 is 0 Å². The molecule has 5 rings (SSSR count). The highest BCUT2D eigenvalue weighted by Gasteiger charge is 2.23. The molecule has 0 spiro atoms. The van der Waals surface area contributed by atoms with E-state index in [4.69, 9.17) is 51.1 Å². The Kier molecular flexibility index (Phi) is 7.62. The predicted molar refractivity (Wildman–Crippen MR) is 150 cm³/mol. The first-order valence-corrected chi connectivity index (χ1v) is 14.8. The molecule has 2 aromatic heterocycles. The molecule has 3 heterocycles. The molecule has 0 bridgehead atoms. The summed E-state index contributed by atoms with van der Waals surface area (Å²) in [7, 11) is -4.12. The summed E-state index contributed by atoms with van der Waals surface area (Å²) in [4.78, 5) is 12.6. The fourth-order valence-electron chi connectivity index (χ4n) is 4.32. The molecule has 12 heteroatoms. The highest BCUT2D eigenvalue weighted by Crippen LogP contribution is 2.35. The van der Waals surface area contributed by atoms with E-state index >= 15 is 0 Å². The van der Waals surface area contributed by atoms with Crippen LogP contribution in [0, 0.1) is 0 Å². The maximum absolute atomic E-state index is 12.6. The molecule has 6 nitrogen and oxygen atoms in total. The summed E-state index contributed by atoms with van der Waals surface area (Å²) in [5, 5.41) is 2.22. The van der Waals surface area contributed by atoms with Crippen LogP contribution in [-0.4, -0.2) is 25.5 Å². The first-order valence-electron chi connectivity index (χ1n) is 11.0. The lowest BCUT2D eigenvalue weighted by Gasteiger charge is -2.17. The number of aromatic nitrogens is 1. The Labute approximate surface area is 237 Å². The molecule has 192 valence electrons. The lowest BCUT2D eigenvalue weighted by atomic mass is 10.1. The Morgan fingerprint density at radius 2 is 1.92 bits per heavy atom. The van der Waals surface area contributed by atoms with Gasteiger partial charge in [-0.2, -0.15) is 0 Å². The number of para-hydroxylation sites is 1. The van der Waals surface area contributed by atoms with Gasteiger partial charge in [0.05, 0.1) is 23.8 Å². The third-order valence-corrected chi connectivity index (χ3v) is 10.2. The second kappa shape index (κ2) is 10.6. The van der Waals surface area contributed by atoms with Crippen molar-refractivity contribution >= 4 is 90.6 Å². The Morgan fingerprint density at radius 3 is 2.65 bits per heavy atom. The summed E-state index contributed by atoms with van der Waals surface area (Å²) in [5.74, 6) is -0.801. The van der Waals surface area contributed by atoms with Crippen molar-refractivity contribution in [1.29, 1.82) is 0 Å². The van der Waals surface area contributed by atoms with Crippen LogP contribution in [0.25, 0.3) is 17.0 Å². The van der Waals surface area contributed by atoms with Crippen molar-refractivity contribution in [3.05, 3.63) is 90.3 Å². The van der Waals surface area contributed by atoms with E-state index in [-0.39, 0.29) is 13.6 Å². The molecule has 0 radical (unpaired) electrons. The molecule has 1 aliphatic heterocycles. The summed E-state index contributed by atoms with van der Waals surface area (Å²) >= 11 is 25.1. The van der Waals surface area contributed by atoms with Crippen molar-refractivity contribution in [2.75, 3.05) is 6.61 Å². The van der Waals surface area contributed by atoms with Crippen LogP contribution in [0.3, 0.4) is 0 Å². The second-order valence-electron chi connectivity index (χ2n) is 8.28. The van der Waals surface area contributed by atoms with Crippen molar-refractivity contribution in [2.24, 2.45) is 0 Å². The Hall–Kier alpha value is -2.04. The minimum absolute atomic E-state index is 0.108. The molecule has 0 unspecified atom stereocenters. The van der Waals surface area contributed by atoms with Crippen LogP contribution in [0.5, 0.6) is 0 Å². The first kappa shape index (κ1) is 26.6. The minimum Gasteiger partial charge on any atom is -0.376 e. The fourth-order valence-corrected chi connectivity index (χ4v) is 7.61. The van der Waals surface area contributed by atoms with Crippen molar-refractivity contribution in [2.45, 2.75) is 23.8 Å². The average molecular weight is 616 g/mol. The van der Waals surface area contributed by atoms with Gasteiger partial charge in [0.25, 0.3) is 15.9 Å². The molecule has 0 aliphatic carbocycles. The Bertz CT molecular complexity index is 1660. The molecule has 4 aromatic rings. The first-order chi connectivity index (χ1) is 17.6. The zero-order valence-electron chi connectivity index (χ0n) is 18.9. The van der Waals surface area contributed by atoms with E-state index in [1.807, 2.05) is 29.0 Å². The third-order valence-electron chi connectivity index (χ3n) is 5.95. The van der Waals surface area contributed by atoms with E-state index in [2.05, 4.69) is 4.57 Å². The Morgan fingerprint density at radius 1 is 1.11 bits per heavy atom. The number of carbonyl (C=O) groups is 1. The van der Waals surface area contributed by atoms with Gasteiger partial charge in [-0.3, -0.25) is 4.79 Å². The van der Waals surface area contributed by atoms with Crippen LogP contribution in [0.15, 0.2) is 52.7 Å². The molecule has 1 N–H and O–H groups in total. The quantitative estimate of drug-likeness (QED) is 0.238. The van der Waals surface area contributed by atoms with Crippen LogP contribution in [-0.2, 0) is 39.1 Å². The van der Waals surface area contributed by atoms with Gasteiger partial charge in [0.1, 0.15) is 8.55 Å². The molecule has 2 aromatic carbocycles. The zero-order valence-corrected chi connectivity index (χ0v) is 23.6. The van der Waals surface area contributed by atoms with Crippen molar-refractivity contribution < 1.29 is 17.9 Å². The fraction of sp³-hybridized carbons (Fsp3) is 0.160. The highest BCUT2D eigenvalue weighted by atomic mass is 35.5. The van der Waals surface area contributed by atoms with Gasteiger partial charge in [-0.1, -0.05) is 70.7 Å². The monoisotopic (exact) mass is 614 g/mol. The number of amides is 1. The summed E-state index contributed by atoms with van der Waals surface area (Å²) < 4.78 is 35.0. The van der Waals surface area contributed by atoms with Gasteiger partial charge in [-0.25, -0.2) is 13.1 Å². The summed E-state index contributed by atoms with van der Waals surface area (Å²) in [6.07, 6.45) is 3.50. The molecule has 0 saturated heterocycles. The molecule has 0 fully saturated rings. The number of ether oxygens (including phenoxy) is 1. The van der Waals surface area contributed by atoms with Gasteiger partial charge in [0.2, 0.25) is 0 Å². The summed E-state index contributed by atoms with van der Waals surface area (Å²) in [5.41, 5.74) is 4.75. The average Bonchev–Trinajstić information content (AvgIpc) is 3.37. The standard InChI is InChI=1S/C25H18Cl4N2O4S2/c26-16-6-4-15(19(27)10-16)12-31-21-8-9-35-13-18(21)17-3-1-2-14(24(17)31)5-7-22(32)30-37(33,34)23-11-20(28)25(29)36-23/h1-7,10-11H,8-9,12-13H2,(H,30,32)/b7-5+. The Balaban J connectivity index is 1.51. The van der Waals surface area contributed by atoms with E-state index in [1.54, 1.807) is 18.2 Å². The second-order valence-corrected chi connectivity index (χ2v) is 13.1. The SMILES string of the molecule is O=C(/C=C/c1cccc2c3c(n(Cc4ccc(Cl)cc4Cl)c12)CCOC3)NS(=O)(=O)c1cc(Cl)c(Cl)s1. The number of carbonyl (C=O) groups excluding carboxylic acids is 1. The largest absolute Gasteiger partial charge is 0.376 e. The number of nitrogens with one attached hydrogen (secondary N) is 1. The molecule has 0 saturated carbocycles. The lowest BCUT2D eigenvalue weighted by molar-refractivity contribution is -0.114. The molecule has 37 heavy (non-hydrogen) atoms. The zero-order chi connectivity index (χ0) is 26.3. The van der Waals surface area contributed by atoms with Crippen LogP contribution in [0.1, 0.15) is 22.4 Å². The van der Waals surface area contributed by atoms with Gasteiger partial charge in [-0.15, -0.1) is 11.3 Å². The van der Waals surface area contributed by atoms with Gasteiger partial charge in [0.15, 0.2) is 0 Å². The minimum atomic E-state index is -4.12. The number of thiophene rings is 1. The number of halogens is 4. The van der Waals surface area contributed by atoms with E-state index in [1.165, 1.54) is 12.1 Å². The number of hydrogen-bond donors (Lipinski definition) is 1. The van der Waals surface area contributed by atoms with Crippen LogP contribution in [0.4, 0.5) is 0 Å². The van der Waals surface area contributed by atoms with Crippen molar-refractivity contribution in [3.63, 3.8) is 0 Å². The van der Waals surface area contributed by atoms with Gasteiger partial charge in [-0.05, 0) is 35.4 Å². The maximum Gasteiger partial charge on any atom is 0.273 e. The normalized spacial score (nSPS) is 13.8. The molecular weight excluding hydrogens is 598 g/mol. The predicted octanol–water partition coefficient (Wildman–Crippen LogP) is 6.96. The topological polar surface area (TPSA) is 77.4 Å². The van der Waals surface area contributed by atoms with Crippen LogP contribution < -0.4 is 4.72 Å². The van der Waals surface area contributed by atoms with Crippen molar-refractivity contribution in [3.8, 4) is 0 Å². The van der Waals surface area contributed by atoms with Crippen molar-refractivity contribution in [1.82, 2.24) is 9.29 Å². The summed E-state index contributed by atoms with van der Waals surface area (Å²) in [6.45, 7) is 1.57. The summed E-state index contributed by atoms with van der Waals surface area (Å²) in [6, 6.07) is 12.4. The molecule has 0 atom stereocenters. The number of nitrogens with zero attached hydrogens (tertiary/aromatic N) is 1. The van der Waals surface area contributed by atoms with E-state index in [0.29, 0.717) is 29.8 Å². The van der Waals surface area contributed by atoms with Gasteiger partial charge in [0, 0.05) is 45.7 Å². The number of benzene rings is 2. The van der Waals surface area contributed by atoms with Crippen LogP contribution in [0.2, 0.25) is 19.4 Å². The highest BCUT2D eigenvalue weighted by molar-refractivity contribution is 7.92. The number of sulfonamides is 1. The molecule has 1 amide bonds. The smallest absolute Gasteiger partial charge is 0.273 e. The molecule has 1 aliphatic rings. The number of fused-ring (bicyclic) bond motifs is 3. The number of hydrogen-bond acceptors (Lipinski definition) is 5. The van der Waals surface area contributed by atoms with E-state index < -0.39 is 15.9 Å². The lowest BCUT2D eigenvalue weighted by Crippen LogP contribution is -2.28. The molecular formula is C25H18Cl4N2O4S2. The van der Waals surface area contributed by atoms with Crippen LogP contribution >= 0.6 is 57.7 Å². The number of rotatable bonds is 6. The maximum atomic E-state index is 12.6.